The van der Waals surface area contributed by atoms with E-state index in [4.69, 9.17) is 28.3 Å². The lowest BCUT2D eigenvalue weighted by molar-refractivity contribution is 0.0688. The van der Waals surface area contributed by atoms with Gasteiger partial charge in [0.25, 0.3) is 0 Å². The summed E-state index contributed by atoms with van der Waals surface area (Å²) >= 11 is 11.7. The van der Waals surface area contributed by atoms with Crippen molar-refractivity contribution in [1.82, 2.24) is 9.38 Å². The van der Waals surface area contributed by atoms with Gasteiger partial charge in [-0.2, -0.15) is 0 Å². The van der Waals surface area contributed by atoms with Crippen LogP contribution in [0, 0.1) is 6.92 Å². The first-order valence-electron chi connectivity index (χ1n) is 4.07. The molecule has 0 atom stereocenters. The number of aryl methyl sites for hydroxylation is 1. The number of halogens is 2. The molecule has 2 heterocycles. The summed E-state index contributed by atoms with van der Waals surface area (Å²) in [5, 5.41) is 9.69. The summed E-state index contributed by atoms with van der Waals surface area (Å²) in [6.07, 6.45) is 1.48. The van der Waals surface area contributed by atoms with Gasteiger partial charge in [0, 0.05) is 6.20 Å². The number of fused-ring (bicyclic) bond motifs is 1. The van der Waals surface area contributed by atoms with E-state index in [-0.39, 0.29) is 5.69 Å². The number of hydrogen-bond donors (Lipinski definition) is 1. The number of carboxylic acids is 1. The van der Waals surface area contributed by atoms with Crippen LogP contribution in [0.15, 0.2) is 12.3 Å². The normalized spacial score (nSPS) is 10.9. The predicted molar refractivity (Wildman–Crippen MR) is 56.9 cm³/mol. The van der Waals surface area contributed by atoms with E-state index in [0.29, 0.717) is 21.4 Å². The topological polar surface area (TPSA) is 54.6 Å². The number of aromatic nitrogens is 2. The van der Waals surface area contributed by atoms with Crippen molar-refractivity contribution >= 4 is 34.8 Å². The minimum absolute atomic E-state index is 0.0781. The van der Waals surface area contributed by atoms with E-state index in [1.165, 1.54) is 16.7 Å². The highest BCUT2D eigenvalue weighted by Gasteiger charge is 2.17. The van der Waals surface area contributed by atoms with Crippen molar-refractivity contribution in [3.63, 3.8) is 0 Å². The van der Waals surface area contributed by atoms with Crippen molar-refractivity contribution in [3.05, 3.63) is 33.7 Å². The molecule has 0 saturated heterocycles. The SMILES string of the molecule is Cc1nc2c(Cl)cc(Cl)cn2c1C(=O)O. The van der Waals surface area contributed by atoms with Gasteiger partial charge >= 0.3 is 5.97 Å². The van der Waals surface area contributed by atoms with E-state index in [1.807, 2.05) is 0 Å². The first-order valence-corrected chi connectivity index (χ1v) is 4.83. The smallest absolute Gasteiger partial charge is 0.354 e. The van der Waals surface area contributed by atoms with Gasteiger partial charge in [0.1, 0.15) is 0 Å². The first kappa shape index (κ1) is 10.3. The molecule has 0 aromatic carbocycles. The van der Waals surface area contributed by atoms with E-state index >= 15 is 0 Å². The molecular formula is C9H6Cl2N2O2. The molecule has 0 saturated carbocycles. The highest BCUT2D eigenvalue weighted by molar-refractivity contribution is 6.36. The molecule has 0 bridgehead atoms. The molecule has 15 heavy (non-hydrogen) atoms. The van der Waals surface area contributed by atoms with Gasteiger partial charge in [0.2, 0.25) is 0 Å². The second-order valence-electron chi connectivity index (χ2n) is 3.05. The Morgan fingerprint density at radius 1 is 1.53 bits per heavy atom. The Balaban J connectivity index is 2.93. The maximum atomic E-state index is 11.0. The summed E-state index contributed by atoms with van der Waals surface area (Å²) in [6, 6.07) is 1.52. The fourth-order valence-corrected chi connectivity index (χ4v) is 1.96. The number of nitrogens with zero attached hydrogens (tertiary/aromatic N) is 2. The van der Waals surface area contributed by atoms with Crippen LogP contribution in [-0.4, -0.2) is 20.5 Å². The molecule has 0 amide bonds. The zero-order chi connectivity index (χ0) is 11.2. The van der Waals surface area contributed by atoms with Gasteiger partial charge in [-0.3, -0.25) is 4.40 Å². The molecule has 2 rings (SSSR count). The molecule has 0 aliphatic rings. The van der Waals surface area contributed by atoms with Gasteiger partial charge in [-0.15, -0.1) is 0 Å². The summed E-state index contributed by atoms with van der Waals surface area (Å²) in [5.41, 5.74) is 0.886. The Hall–Kier alpha value is -1.26. The molecule has 0 aliphatic carbocycles. The van der Waals surface area contributed by atoms with Crippen molar-refractivity contribution in [2.24, 2.45) is 0 Å². The number of rotatable bonds is 1. The number of pyridine rings is 1. The fourth-order valence-electron chi connectivity index (χ4n) is 1.44. The van der Waals surface area contributed by atoms with E-state index in [0.717, 1.165) is 0 Å². The zero-order valence-electron chi connectivity index (χ0n) is 7.66. The minimum atomic E-state index is -1.06. The average Bonchev–Trinajstić information content (AvgIpc) is 2.41. The molecular weight excluding hydrogens is 239 g/mol. The van der Waals surface area contributed by atoms with Crippen molar-refractivity contribution in [3.8, 4) is 0 Å². The highest BCUT2D eigenvalue weighted by atomic mass is 35.5. The van der Waals surface area contributed by atoms with E-state index < -0.39 is 5.97 Å². The quantitative estimate of drug-likeness (QED) is 0.840. The number of aromatic carboxylic acids is 1. The van der Waals surface area contributed by atoms with Crippen LogP contribution in [0.5, 0.6) is 0 Å². The zero-order valence-corrected chi connectivity index (χ0v) is 9.17. The lowest BCUT2D eigenvalue weighted by Gasteiger charge is -1.99. The third-order valence-electron chi connectivity index (χ3n) is 2.02. The van der Waals surface area contributed by atoms with Crippen molar-refractivity contribution in [1.29, 1.82) is 0 Å². The first-order chi connectivity index (χ1) is 7.00. The van der Waals surface area contributed by atoms with Crippen LogP contribution in [0.1, 0.15) is 16.2 Å². The Kier molecular flexibility index (Phi) is 2.32. The lowest BCUT2D eigenvalue weighted by atomic mass is 10.3. The summed E-state index contributed by atoms with van der Waals surface area (Å²) in [4.78, 5) is 15.0. The summed E-state index contributed by atoms with van der Waals surface area (Å²) in [7, 11) is 0. The van der Waals surface area contributed by atoms with E-state index in [9.17, 15) is 4.79 Å². The van der Waals surface area contributed by atoms with Crippen LogP contribution in [-0.2, 0) is 0 Å². The maximum absolute atomic E-state index is 11.0. The van der Waals surface area contributed by atoms with Crippen LogP contribution in [0.25, 0.3) is 5.65 Å². The Bertz CT molecular complexity index is 563. The van der Waals surface area contributed by atoms with Gasteiger partial charge in [0.15, 0.2) is 11.3 Å². The monoisotopic (exact) mass is 244 g/mol. The third kappa shape index (κ3) is 1.56. The van der Waals surface area contributed by atoms with Gasteiger partial charge in [-0.1, -0.05) is 23.2 Å². The van der Waals surface area contributed by atoms with Gasteiger partial charge in [0.05, 0.1) is 15.7 Å². The molecule has 0 aliphatic heterocycles. The van der Waals surface area contributed by atoms with Gasteiger partial charge in [-0.25, -0.2) is 9.78 Å². The van der Waals surface area contributed by atoms with Crippen molar-refractivity contribution in [2.75, 3.05) is 0 Å². The Labute approximate surface area is 95.1 Å². The molecule has 2 aromatic rings. The molecule has 4 nitrogen and oxygen atoms in total. The van der Waals surface area contributed by atoms with E-state index in [2.05, 4.69) is 4.98 Å². The Morgan fingerprint density at radius 2 is 2.20 bits per heavy atom. The summed E-state index contributed by atoms with van der Waals surface area (Å²) in [6.45, 7) is 1.61. The van der Waals surface area contributed by atoms with Crippen LogP contribution in [0.4, 0.5) is 0 Å². The maximum Gasteiger partial charge on any atom is 0.354 e. The standard InChI is InChI=1S/C9H6Cl2N2O2/c1-4-7(9(14)15)13-3-5(10)2-6(11)8(13)12-4/h2-3H,1H3,(H,14,15). The predicted octanol–water partition coefficient (Wildman–Crippen LogP) is 2.65. The highest BCUT2D eigenvalue weighted by Crippen LogP contribution is 2.24. The summed E-state index contributed by atoms with van der Waals surface area (Å²) in [5.74, 6) is -1.06. The lowest BCUT2D eigenvalue weighted by Crippen LogP contribution is -2.03. The largest absolute Gasteiger partial charge is 0.477 e. The Morgan fingerprint density at radius 3 is 2.80 bits per heavy atom. The fraction of sp³-hybridized carbons (Fsp3) is 0.111. The van der Waals surface area contributed by atoms with Gasteiger partial charge in [-0.05, 0) is 13.0 Å². The molecule has 2 aromatic heterocycles. The minimum Gasteiger partial charge on any atom is -0.477 e. The average molecular weight is 245 g/mol. The second kappa shape index (κ2) is 3.40. The van der Waals surface area contributed by atoms with Crippen LogP contribution >= 0.6 is 23.2 Å². The summed E-state index contributed by atoms with van der Waals surface area (Å²) < 4.78 is 1.38. The number of imidazole rings is 1. The number of carbonyl (C=O) groups is 1. The van der Waals surface area contributed by atoms with Crippen molar-refractivity contribution in [2.45, 2.75) is 6.92 Å². The van der Waals surface area contributed by atoms with E-state index in [1.54, 1.807) is 6.92 Å². The molecule has 0 unspecified atom stereocenters. The number of hydrogen-bond acceptors (Lipinski definition) is 2. The molecule has 0 spiro atoms. The van der Waals surface area contributed by atoms with Crippen LogP contribution in [0.3, 0.4) is 0 Å². The number of carboxylic acid groups (broad SMARTS) is 1. The molecule has 0 radical (unpaired) electrons. The third-order valence-corrected chi connectivity index (χ3v) is 2.50. The molecule has 0 fully saturated rings. The molecule has 1 N–H and O–H groups in total. The molecule has 78 valence electrons. The second-order valence-corrected chi connectivity index (χ2v) is 3.89. The van der Waals surface area contributed by atoms with Crippen molar-refractivity contribution < 1.29 is 9.90 Å². The molecule has 6 heteroatoms. The van der Waals surface area contributed by atoms with Gasteiger partial charge < -0.3 is 5.11 Å². The van der Waals surface area contributed by atoms with Crippen LogP contribution in [0.2, 0.25) is 10.0 Å². The van der Waals surface area contributed by atoms with Crippen LogP contribution < -0.4 is 0 Å².